The molecule has 0 radical (unpaired) electrons. The first kappa shape index (κ1) is 12.5. The number of benzene rings is 2. The van der Waals surface area contributed by atoms with Crippen LogP contribution < -0.4 is 4.74 Å². The minimum Gasteiger partial charge on any atom is -0.497 e. The lowest BCUT2D eigenvalue weighted by Crippen LogP contribution is -2.23. The Morgan fingerprint density at radius 1 is 1.00 bits per heavy atom. The van der Waals surface area contributed by atoms with Gasteiger partial charge in [-0.2, -0.15) is 5.11 Å². The molecule has 3 rings (SSSR count). The van der Waals surface area contributed by atoms with E-state index in [0.717, 1.165) is 16.9 Å². The van der Waals surface area contributed by atoms with E-state index in [1.165, 1.54) is 0 Å². The molecule has 1 amide bonds. The summed E-state index contributed by atoms with van der Waals surface area (Å²) in [6.07, 6.45) is 0.267. The van der Waals surface area contributed by atoms with Crippen molar-refractivity contribution in [1.82, 2.24) is 0 Å². The summed E-state index contributed by atoms with van der Waals surface area (Å²) < 4.78 is 5.17. The number of carbonyl (C=O) groups is 1. The van der Waals surface area contributed by atoms with Crippen molar-refractivity contribution in [3.05, 3.63) is 65.7 Å². The summed E-state index contributed by atoms with van der Waals surface area (Å²) in [7, 11) is 1.63. The molecule has 0 aromatic heterocycles. The van der Waals surface area contributed by atoms with E-state index in [-0.39, 0.29) is 12.3 Å². The number of amides is 1. The van der Waals surface area contributed by atoms with Crippen LogP contribution in [0.4, 0.5) is 0 Å². The Bertz CT molecular complexity index is 650. The van der Waals surface area contributed by atoms with Gasteiger partial charge in [-0.3, -0.25) is 4.79 Å². The molecule has 1 aliphatic rings. The van der Waals surface area contributed by atoms with Gasteiger partial charge < -0.3 is 4.74 Å². The smallest absolute Gasteiger partial charge is 0.267 e. The van der Waals surface area contributed by atoms with Crippen molar-refractivity contribution in [1.29, 1.82) is 0 Å². The monoisotopic (exact) mass is 266 g/mol. The van der Waals surface area contributed by atoms with E-state index in [1.54, 1.807) is 7.11 Å². The first-order valence-corrected chi connectivity index (χ1v) is 6.40. The van der Waals surface area contributed by atoms with Crippen LogP contribution in [0, 0.1) is 0 Å². The fraction of sp³-hybridized carbons (Fsp3) is 0.188. The van der Waals surface area contributed by atoms with Gasteiger partial charge in [0.2, 0.25) is 0 Å². The molecule has 100 valence electrons. The van der Waals surface area contributed by atoms with E-state index < -0.39 is 5.54 Å². The Labute approximate surface area is 117 Å². The van der Waals surface area contributed by atoms with Gasteiger partial charge in [0.05, 0.1) is 13.5 Å². The van der Waals surface area contributed by atoms with Crippen LogP contribution in [0.5, 0.6) is 5.75 Å². The van der Waals surface area contributed by atoms with Gasteiger partial charge >= 0.3 is 0 Å². The van der Waals surface area contributed by atoms with Gasteiger partial charge in [0.1, 0.15) is 11.3 Å². The molecule has 0 N–H and O–H groups in total. The number of carbonyl (C=O) groups excluding carboxylic acids is 1. The predicted octanol–water partition coefficient (Wildman–Crippen LogP) is 3.32. The average Bonchev–Trinajstić information content (AvgIpc) is 2.92. The number of nitrogens with zero attached hydrogens (tertiary/aromatic N) is 2. The molecule has 0 fully saturated rings. The average molecular weight is 266 g/mol. The number of ether oxygens (including phenoxy) is 1. The summed E-state index contributed by atoms with van der Waals surface area (Å²) in [5.74, 6) is 0.586. The van der Waals surface area contributed by atoms with Crippen LogP contribution >= 0.6 is 0 Å². The molecular weight excluding hydrogens is 252 g/mol. The van der Waals surface area contributed by atoms with Crippen LogP contribution in [0.25, 0.3) is 0 Å². The maximum Gasteiger partial charge on any atom is 0.267 e. The highest BCUT2D eigenvalue weighted by Gasteiger charge is 2.41. The Morgan fingerprint density at radius 3 is 2.20 bits per heavy atom. The highest BCUT2D eigenvalue weighted by Crippen LogP contribution is 2.41. The number of methoxy groups -OCH3 is 1. The predicted molar refractivity (Wildman–Crippen MR) is 74.7 cm³/mol. The molecule has 20 heavy (non-hydrogen) atoms. The molecule has 0 spiro atoms. The lowest BCUT2D eigenvalue weighted by molar-refractivity contribution is -0.117. The lowest BCUT2D eigenvalue weighted by Gasteiger charge is -2.24. The molecule has 0 aliphatic carbocycles. The summed E-state index contributed by atoms with van der Waals surface area (Å²) in [5.41, 5.74) is 1.21. The first-order chi connectivity index (χ1) is 9.74. The van der Waals surface area contributed by atoms with Gasteiger partial charge in [-0.25, -0.2) is 0 Å². The molecule has 0 bridgehead atoms. The maximum atomic E-state index is 11.6. The second-order valence-electron chi connectivity index (χ2n) is 4.73. The normalized spacial score (nSPS) is 21.1. The maximum absolute atomic E-state index is 11.6. The Hall–Kier alpha value is -2.49. The van der Waals surface area contributed by atoms with Crippen molar-refractivity contribution in [3.8, 4) is 5.75 Å². The van der Waals surface area contributed by atoms with Gasteiger partial charge in [0, 0.05) is 0 Å². The third-order valence-electron chi connectivity index (χ3n) is 3.56. The molecule has 1 atom stereocenters. The van der Waals surface area contributed by atoms with Gasteiger partial charge in [-0.1, -0.05) is 42.5 Å². The fourth-order valence-corrected chi connectivity index (χ4v) is 2.50. The van der Waals surface area contributed by atoms with Crippen molar-refractivity contribution >= 4 is 5.91 Å². The first-order valence-electron chi connectivity index (χ1n) is 6.40. The molecule has 4 heteroatoms. The second-order valence-corrected chi connectivity index (χ2v) is 4.73. The largest absolute Gasteiger partial charge is 0.497 e. The summed E-state index contributed by atoms with van der Waals surface area (Å²) >= 11 is 0. The fourth-order valence-electron chi connectivity index (χ4n) is 2.50. The number of azo groups is 1. The summed E-state index contributed by atoms with van der Waals surface area (Å²) in [6.45, 7) is 0. The third-order valence-corrected chi connectivity index (χ3v) is 3.56. The van der Waals surface area contributed by atoms with Crippen LogP contribution in [0.2, 0.25) is 0 Å². The van der Waals surface area contributed by atoms with Crippen LogP contribution in [0.3, 0.4) is 0 Å². The quantitative estimate of drug-likeness (QED) is 0.855. The molecule has 4 nitrogen and oxygen atoms in total. The Morgan fingerprint density at radius 2 is 1.65 bits per heavy atom. The van der Waals surface area contributed by atoms with Gasteiger partial charge in [0.25, 0.3) is 5.91 Å². The van der Waals surface area contributed by atoms with Crippen LogP contribution in [0.1, 0.15) is 17.5 Å². The van der Waals surface area contributed by atoms with Crippen molar-refractivity contribution in [2.24, 2.45) is 10.2 Å². The summed E-state index contributed by atoms with van der Waals surface area (Å²) in [5, 5.41) is 8.02. The molecule has 2 aromatic rings. The van der Waals surface area contributed by atoms with E-state index in [9.17, 15) is 4.79 Å². The highest BCUT2D eigenvalue weighted by atomic mass is 16.5. The molecule has 1 heterocycles. The van der Waals surface area contributed by atoms with E-state index in [1.807, 2.05) is 54.6 Å². The topological polar surface area (TPSA) is 51.0 Å². The minimum absolute atomic E-state index is 0.190. The SMILES string of the molecule is COc1ccc(C2(c3ccccc3)CC(=O)N=N2)cc1. The zero-order valence-electron chi connectivity index (χ0n) is 11.1. The van der Waals surface area contributed by atoms with E-state index in [2.05, 4.69) is 10.2 Å². The van der Waals surface area contributed by atoms with E-state index >= 15 is 0 Å². The summed E-state index contributed by atoms with van der Waals surface area (Å²) in [4.78, 5) is 11.6. The summed E-state index contributed by atoms with van der Waals surface area (Å²) in [6, 6.07) is 17.4. The molecule has 2 aromatic carbocycles. The van der Waals surface area contributed by atoms with Gasteiger partial charge in [-0.15, -0.1) is 5.11 Å². The van der Waals surface area contributed by atoms with Crippen molar-refractivity contribution in [2.75, 3.05) is 7.11 Å². The standard InChI is InChI=1S/C16H14N2O2/c1-20-14-9-7-13(8-10-14)16(11-15(19)17-18-16)12-5-3-2-4-6-12/h2-10H,11H2,1H3. The molecular formula is C16H14N2O2. The number of hydrogen-bond acceptors (Lipinski definition) is 3. The van der Waals surface area contributed by atoms with Crippen LogP contribution in [-0.4, -0.2) is 13.0 Å². The number of rotatable bonds is 3. The van der Waals surface area contributed by atoms with Gasteiger partial charge in [-0.05, 0) is 23.3 Å². The molecule has 0 saturated carbocycles. The van der Waals surface area contributed by atoms with E-state index in [0.29, 0.717) is 0 Å². The number of hydrogen-bond donors (Lipinski definition) is 0. The van der Waals surface area contributed by atoms with Crippen molar-refractivity contribution in [2.45, 2.75) is 12.0 Å². The van der Waals surface area contributed by atoms with E-state index in [4.69, 9.17) is 4.74 Å². The zero-order valence-corrected chi connectivity index (χ0v) is 11.1. The zero-order chi connectivity index (χ0) is 14.0. The minimum atomic E-state index is -0.704. The Kier molecular flexibility index (Phi) is 3.06. The molecule has 1 unspecified atom stereocenters. The van der Waals surface area contributed by atoms with Crippen molar-refractivity contribution in [3.63, 3.8) is 0 Å². The third kappa shape index (κ3) is 1.99. The Balaban J connectivity index is 2.11. The van der Waals surface area contributed by atoms with Crippen molar-refractivity contribution < 1.29 is 9.53 Å². The molecule has 1 aliphatic heterocycles. The van der Waals surface area contributed by atoms with Gasteiger partial charge in [0.15, 0.2) is 0 Å². The lowest BCUT2D eigenvalue weighted by atomic mass is 9.81. The van der Waals surface area contributed by atoms with Crippen LogP contribution in [-0.2, 0) is 10.3 Å². The van der Waals surface area contributed by atoms with Crippen LogP contribution in [0.15, 0.2) is 64.8 Å². The molecule has 0 saturated heterocycles. The second kappa shape index (κ2) is 4.89. The highest BCUT2D eigenvalue weighted by molar-refractivity contribution is 5.81.